The molecule has 0 radical (unpaired) electrons. The molecule has 1 aromatic carbocycles. The van der Waals surface area contributed by atoms with Gasteiger partial charge in [-0.25, -0.2) is 4.98 Å². The fourth-order valence-corrected chi connectivity index (χ4v) is 3.15. The molecule has 2 aromatic heterocycles. The van der Waals surface area contributed by atoms with E-state index in [0.29, 0.717) is 18.9 Å². The van der Waals surface area contributed by atoms with Crippen molar-refractivity contribution in [2.45, 2.75) is 12.0 Å². The molecular formula is C17H20N6O. The van der Waals surface area contributed by atoms with Crippen molar-refractivity contribution in [3.63, 3.8) is 0 Å². The van der Waals surface area contributed by atoms with Crippen molar-refractivity contribution in [1.29, 1.82) is 0 Å². The summed E-state index contributed by atoms with van der Waals surface area (Å²) in [4.78, 5) is 10.9. The monoisotopic (exact) mass is 324 g/mol. The van der Waals surface area contributed by atoms with Gasteiger partial charge in [0, 0.05) is 31.3 Å². The van der Waals surface area contributed by atoms with Gasteiger partial charge in [-0.1, -0.05) is 30.3 Å². The molecular weight excluding hydrogens is 304 g/mol. The van der Waals surface area contributed by atoms with E-state index in [1.807, 2.05) is 43.4 Å². The van der Waals surface area contributed by atoms with Crippen molar-refractivity contribution < 1.29 is 5.11 Å². The number of aromatic nitrogens is 4. The number of likely N-dealkylation sites (N-methyl/N-ethyl adjacent to an activating group) is 1. The fraction of sp³-hybridized carbons (Fsp3) is 0.353. The topological polar surface area (TPSA) is 78.6 Å². The smallest absolute Gasteiger partial charge is 0.254 e. The molecule has 1 aliphatic heterocycles. The summed E-state index contributed by atoms with van der Waals surface area (Å²) >= 11 is 0. The number of rotatable bonds is 4. The van der Waals surface area contributed by atoms with E-state index in [1.54, 1.807) is 4.52 Å². The zero-order valence-corrected chi connectivity index (χ0v) is 13.6. The Bertz CT molecular complexity index is 849. The van der Waals surface area contributed by atoms with Crippen molar-refractivity contribution in [2.75, 3.05) is 32.0 Å². The molecule has 0 spiro atoms. The van der Waals surface area contributed by atoms with Crippen LogP contribution in [-0.2, 0) is 0 Å². The van der Waals surface area contributed by atoms with Crippen LogP contribution in [0, 0.1) is 0 Å². The zero-order valence-electron chi connectivity index (χ0n) is 13.6. The van der Waals surface area contributed by atoms with Crippen LogP contribution >= 0.6 is 0 Å². The van der Waals surface area contributed by atoms with Gasteiger partial charge in [-0.15, -0.1) is 0 Å². The summed E-state index contributed by atoms with van der Waals surface area (Å²) in [5.41, 5.74) is 1.12. The van der Waals surface area contributed by atoms with Gasteiger partial charge in [0.15, 0.2) is 0 Å². The largest absolute Gasteiger partial charge is 0.387 e. The van der Waals surface area contributed by atoms with E-state index >= 15 is 0 Å². The first-order valence-electron chi connectivity index (χ1n) is 8.04. The minimum Gasteiger partial charge on any atom is -0.387 e. The highest BCUT2D eigenvalue weighted by molar-refractivity contribution is 5.65. The third-order valence-corrected chi connectivity index (χ3v) is 4.44. The SMILES string of the molecule is CN1CCC(O)(CNc2cc(-c3ccccc3)nc3ncnn23)C1. The third kappa shape index (κ3) is 2.83. The van der Waals surface area contributed by atoms with Crippen LogP contribution in [0.5, 0.6) is 0 Å². The number of hydrogen-bond acceptors (Lipinski definition) is 6. The predicted octanol–water partition coefficient (Wildman–Crippen LogP) is 1.27. The maximum Gasteiger partial charge on any atom is 0.254 e. The van der Waals surface area contributed by atoms with Crippen molar-refractivity contribution in [3.8, 4) is 11.3 Å². The van der Waals surface area contributed by atoms with E-state index in [4.69, 9.17) is 0 Å². The van der Waals surface area contributed by atoms with Crippen LogP contribution in [0.3, 0.4) is 0 Å². The Balaban J connectivity index is 1.65. The van der Waals surface area contributed by atoms with Crippen LogP contribution in [0.25, 0.3) is 17.0 Å². The van der Waals surface area contributed by atoms with Gasteiger partial charge in [0.05, 0.1) is 11.3 Å². The Morgan fingerprint density at radius 1 is 1.29 bits per heavy atom. The average Bonchev–Trinajstić information content (AvgIpc) is 3.20. The molecule has 7 nitrogen and oxygen atoms in total. The molecule has 0 aliphatic carbocycles. The van der Waals surface area contributed by atoms with Crippen LogP contribution in [0.2, 0.25) is 0 Å². The normalized spacial score (nSPS) is 21.4. The van der Waals surface area contributed by atoms with Gasteiger partial charge in [0.2, 0.25) is 0 Å². The summed E-state index contributed by atoms with van der Waals surface area (Å²) in [6, 6.07) is 11.9. The molecule has 1 fully saturated rings. The number of anilines is 1. The molecule has 3 heterocycles. The lowest BCUT2D eigenvalue weighted by atomic mass is 10.0. The maximum absolute atomic E-state index is 10.7. The van der Waals surface area contributed by atoms with Gasteiger partial charge in [0.25, 0.3) is 5.78 Å². The van der Waals surface area contributed by atoms with E-state index < -0.39 is 5.60 Å². The minimum atomic E-state index is -0.724. The van der Waals surface area contributed by atoms with Gasteiger partial charge in [-0.2, -0.15) is 14.6 Å². The van der Waals surface area contributed by atoms with Crippen LogP contribution in [0.4, 0.5) is 5.82 Å². The Kier molecular flexibility index (Phi) is 3.66. The van der Waals surface area contributed by atoms with Crippen LogP contribution in [-0.4, -0.2) is 61.9 Å². The maximum atomic E-state index is 10.7. The molecule has 0 bridgehead atoms. The van der Waals surface area contributed by atoms with E-state index in [2.05, 4.69) is 25.3 Å². The number of benzene rings is 1. The van der Waals surface area contributed by atoms with Gasteiger partial charge in [0.1, 0.15) is 12.1 Å². The highest BCUT2D eigenvalue weighted by Gasteiger charge is 2.34. The minimum absolute atomic E-state index is 0.463. The van der Waals surface area contributed by atoms with E-state index in [9.17, 15) is 5.11 Å². The molecule has 1 aliphatic rings. The summed E-state index contributed by atoms with van der Waals surface area (Å²) in [5.74, 6) is 1.31. The molecule has 0 amide bonds. The average molecular weight is 324 g/mol. The van der Waals surface area contributed by atoms with Crippen LogP contribution < -0.4 is 5.32 Å². The van der Waals surface area contributed by atoms with Gasteiger partial charge in [-0.05, 0) is 13.5 Å². The van der Waals surface area contributed by atoms with Gasteiger partial charge >= 0.3 is 0 Å². The lowest BCUT2D eigenvalue weighted by molar-refractivity contribution is 0.0652. The first kappa shape index (κ1) is 15.0. The van der Waals surface area contributed by atoms with Crippen molar-refractivity contribution in [3.05, 3.63) is 42.7 Å². The Hall–Kier alpha value is -2.51. The molecule has 1 saturated heterocycles. The number of aliphatic hydroxyl groups is 1. The highest BCUT2D eigenvalue weighted by atomic mass is 16.3. The summed E-state index contributed by atoms with van der Waals surface area (Å²) in [6.07, 6.45) is 2.24. The number of hydrogen-bond donors (Lipinski definition) is 2. The number of nitrogens with one attached hydrogen (secondary N) is 1. The van der Waals surface area contributed by atoms with Gasteiger partial charge < -0.3 is 15.3 Å². The molecule has 0 saturated carbocycles. The molecule has 24 heavy (non-hydrogen) atoms. The second-order valence-electron chi connectivity index (χ2n) is 6.43. The van der Waals surface area contributed by atoms with E-state index in [0.717, 1.165) is 30.0 Å². The first-order valence-corrected chi connectivity index (χ1v) is 8.04. The number of fused-ring (bicyclic) bond motifs is 1. The summed E-state index contributed by atoms with van der Waals surface area (Å²) in [5, 5.41) is 18.2. The molecule has 2 N–H and O–H groups in total. The molecule has 124 valence electrons. The molecule has 1 atom stereocenters. The lowest BCUT2D eigenvalue weighted by Crippen LogP contribution is -2.39. The Labute approximate surface area is 140 Å². The van der Waals surface area contributed by atoms with Crippen molar-refractivity contribution >= 4 is 11.6 Å². The number of β-amino-alcohol motifs (C(OH)–C–C–N with tert-alkyl or cyclic N) is 1. The summed E-state index contributed by atoms with van der Waals surface area (Å²) < 4.78 is 1.66. The number of likely N-dealkylation sites (tertiary alicyclic amines) is 1. The fourth-order valence-electron chi connectivity index (χ4n) is 3.15. The quantitative estimate of drug-likeness (QED) is 0.752. The molecule has 1 unspecified atom stereocenters. The second-order valence-corrected chi connectivity index (χ2v) is 6.43. The Morgan fingerprint density at radius 2 is 2.12 bits per heavy atom. The first-order chi connectivity index (χ1) is 11.6. The molecule has 3 aromatic rings. The molecule has 7 heteroatoms. The van der Waals surface area contributed by atoms with Crippen LogP contribution in [0.15, 0.2) is 42.7 Å². The molecule has 4 rings (SSSR count). The summed E-state index contributed by atoms with van der Waals surface area (Å²) in [6.45, 7) is 2.03. The number of nitrogens with zero attached hydrogens (tertiary/aromatic N) is 5. The lowest BCUT2D eigenvalue weighted by Gasteiger charge is -2.23. The summed E-state index contributed by atoms with van der Waals surface area (Å²) in [7, 11) is 2.02. The highest BCUT2D eigenvalue weighted by Crippen LogP contribution is 2.24. The van der Waals surface area contributed by atoms with Crippen molar-refractivity contribution in [2.24, 2.45) is 0 Å². The predicted molar refractivity (Wildman–Crippen MR) is 91.8 cm³/mol. The second kappa shape index (κ2) is 5.85. The third-order valence-electron chi connectivity index (χ3n) is 4.44. The van der Waals surface area contributed by atoms with Crippen LogP contribution in [0.1, 0.15) is 6.42 Å². The van der Waals surface area contributed by atoms with Crippen molar-refractivity contribution in [1.82, 2.24) is 24.5 Å². The zero-order chi connectivity index (χ0) is 16.6. The van der Waals surface area contributed by atoms with Gasteiger partial charge in [-0.3, -0.25) is 0 Å². The standard InChI is InChI=1S/C17H20N6O/c1-22-8-7-17(24,11-22)10-18-15-9-14(13-5-3-2-4-6-13)21-16-19-12-20-23(15)16/h2-6,9,12,18,24H,7-8,10-11H2,1H3. The van der Waals surface area contributed by atoms with E-state index in [1.165, 1.54) is 6.33 Å². The Morgan fingerprint density at radius 3 is 2.88 bits per heavy atom. The van der Waals surface area contributed by atoms with E-state index in [-0.39, 0.29) is 0 Å².